The van der Waals surface area contributed by atoms with Gasteiger partial charge in [0.1, 0.15) is 11.5 Å². The standard InChI is InChI=1S/C15H21N3O2.2ClH/c1-19-13-4-3-5-14(20-2)15(13)12(6-7-16)18-10-8-17-9-11-18;;/h3-5,12,17H,6,8-11H2,1-2H3;2*1H/t12-;;/m1../s1. The van der Waals surface area contributed by atoms with Gasteiger partial charge in [0, 0.05) is 26.2 Å². The van der Waals surface area contributed by atoms with Gasteiger partial charge in [0.25, 0.3) is 0 Å². The molecular weight excluding hydrogens is 325 g/mol. The summed E-state index contributed by atoms with van der Waals surface area (Å²) in [6, 6.07) is 8.05. The van der Waals surface area contributed by atoms with Gasteiger partial charge in [0.05, 0.1) is 38.3 Å². The van der Waals surface area contributed by atoms with Crippen LogP contribution in [0.4, 0.5) is 0 Å². The Kier molecular flexibility index (Phi) is 9.95. The molecule has 0 bridgehead atoms. The number of hydrogen-bond donors (Lipinski definition) is 1. The highest BCUT2D eigenvalue weighted by molar-refractivity contribution is 5.85. The lowest BCUT2D eigenvalue weighted by molar-refractivity contribution is 0.169. The molecule has 0 amide bonds. The van der Waals surface area contributed by atoms with E-state index in [4.69, 9.17) is 9.47 Å². The number of benzene rings is 1. The molecule has 0 aromatic heterocycles. The first-order valence-electron chi connectivity index (χ1n) is 6.84. The van der Waals surface area contributed by atoms with E-state index < -0.39 is 0 Å². The highest BCUT2D eigenvalue weighted by atomic mass is 35.5. The van der Waals surface area contributed by atoms with Crippen LogP contribution in [0.15, 0.2) is 18.2 Å². The number of halogens is 2. The number of nitrogens with zero attached hydrogens (tertiary/aromatic N) is 2. The molecule has 7 heteroatoms. The van der Waals surface area contributed by atoms with Crippen LogP contribution in [0.25, 0.3) is 0 Å². The molecule has 1 aliphatic rings. The number of piperazine rings is 1. The van der Waals surface area contributed by atoms with Gasteiger partial charge in [-0.2, -0.15) is 5.26 Å². The van der Waals surface area contributed by atoms with Gasteiger partial charge >= 0.3 is 0 Å². The Hall–Kier alpha value is -1.19. The molecule has 1 saturated heterocycles. The summed E-state index contributed by atoms with van der Waals surface area (Å²) in [6.45, 7) is 3.74. The number of nitriles is 1. The summed E-state index contributed by atoms with van der Waals surface area (Å²) in [4.78, 5) is 2.32. The molecule has 0 aliphatic carbocycles. The third-order valence-corrected chi connectivity index (χ3v) is 3.68. The Bertz CT molecular complexity index is 466. The summed E-state index contributed by atoms with van der Waals surface area (Å²) in [7, 11) is 3.30. The van der Waals surface area contributed by atoms with E-state index in [0.29, 0.717) is 6.42 Å². The molecule has 124 valence electrons. The Balaban J connectivity index is 0.00000220. The minimum absolute atomic E-state index is 0. The van der Waals surface area contributed by atoms with Gasteiger partial charge in [0.2, 0.25) is 0 Å². The normalized spacial score (nSPS) is 15.7. The van der Waals surface area contributed by atoms with E-state index in [1.54, 1.807) is 14.2 Å². The van der Waals surface area contributed by atoms with Crippen LogP contribution < -0.4 is 14.8 Å². The first-order chi connectivity index (χ1) is 9.81. The van der Waals surface area contributed by atoms with Crippen molar-refractivity contribution >= 4 is 24.8 Å². The SMILES string of the molecule is COc1cccc(OC)c1[C@@H](CC#N)N1CCNCC1.Cl.Cl. The van der Waals surface area contributed by atoms with E-state index in [-0.39, 0.29) is 30.9 Å². The fourth-order valence-electron chi connectivity index (χ4n) is 2.70. The molecule has 1 N–H and O–H groups in total. The van der Waals surface area contributed by atoms with Crippen LogP contribution in [0.1, 0.15) is 18.0 Å². The zero-order valence-electron chi connectivity index (χ0n) is 12.9. The fourth-order valence-corrected chi connectivity index (χ4v) is 2.70. The highest BCUT2D eigenvalue weighted by Gasteiger charge is 2.27. The van der Waals surface area contributed by atoms with Crippen LogP contribution >= 0.6 is 24.8 Å². The second kappa shape index (κ2) is 10.5. The molecule has 1 atom stereocenters. The van der Waals surface area contributed by atoms with Crippen LogP contribution in [0.3, 0.4) is 0 Å². The second-order valence-corrected chi connectivity index (χ2v) is 4.74. The summed E-state index contributed by atoms with van der Waals surface area (Å²) in [6.07, 6.45) is 0.427. The Morgan fingerprint density at radius 3 is 2.18 bits per heavy atom. The van der Waals surface area contributed by atoms with E-state index in [9.17, 15) is 5.26 Å². The summed E-state index contributed by atoms with van der Waals surface area (Å²) in [5.74, 6) is 1.56. The summed E-state index contributed by atoms with van der Waals surface area (Å²) >= 11 is 0. The molecule has 1 heterocycles. The van der Waals surface area contributed by atoms with Crippen molar-refractivity contribution in [2.75, 3.05) is 40.4 Å². The molecular formula is C15H23Cl2N3O2. The van der Waals surface area contributed by atoms with Gasteiger partial charge in [-0.25, -0.2) is 0 Å². The third kappa shape index (κ3) is 4.65. The molecule has 22 heavy (non-hydrogen) atoms. The largest absolute Gasteiger partial charge is 0.496 e. The van der Waals surface area contributed by atoms with Crippen LogP contribution in [0.5, 0.6) is 11.5 Å². The molecule has 1 aromatic carbocycles. The van der Waals surface area contributed by atoms with Crippen molar-refractivity contribution in [3.8, 4) is 17.6 Å². The van der Waals surface area contributed by atoms with E-state index in [1.807, 2.05) is 18.2 Å². The maximum atomic E-state index is 9.18. The van der Waals surface area contributed by atoms with Gasteiger partial charge in [-0.1, -0.05) is 6.07 Å². The average Bonchev–Trinajstić information content (AvgIpc) is 2.52. The van der Waals surface area contributed by atoms with E-state index in [0.717, 1.165) is 43.2 Å². The highest BCUT2D eigenvalue weighted by Crippen LogP contribution is 2.38. The van der Waals surface area contributed by atoms with Crippen molar-refractivity contribution in [1.82, 2.24) is 10.2 Å². The summed E-state index contributed by atoms with van der Waals surface area (Å²) in [5.41, 5.74) is 0.973. The van der Waals surface area contributed by atoms with Crippen LogP contribution in [-0.2, 0) is 0 Å². The quantitative estimate of drug-likeness (QED) is 0.886. The van der Waals surface area contributed by atoms with Crippen LogP contribution in [0, 0.1) is 11.3 Å². The lowest BCUT2D eigenvalue weighted by Crippen LogP contribution is -2.45. The molecule has 0 spiro atoms. The number of hydrogen-bond acceptors (Lipinski definition) is 5. The molecule has 0 saturated carbocycles. The maximum Gasteiger partial charge on any atom is 0.127 e. The predicted octanol–water partition coefficient (Wildman–Crippen LogP) is 2.41. The Morgan fingerprint density at radius 2 is 1.73 bits per heavy atom. The lowest BCUT2D eigenvalue weighted by Gasteiger charge is -2.35. The van der Waals surface area contributed by atoms with Gasteiger partial charge in [0.15, 0.2) is 0 Å². The van der Waals surface area contributed by atoms with E-state index >= 15 is 0 Å². The zero-order valence-corrected chi connectivity index (χ0v) is 14.5. The topological polar surface area (TPSA) is 57.5 Å². The van der Waals surface area contributed by atoms with E-state index in [2.05, 4.69) is 16.3 Å². The Labute approximate surface area is 144 Å². The molecule has 5 nitrogen and oxygen atoms in total. The van der Waals surface area contributed by atoms with Crippen molar-refractivity contribution in [2.24, 2.45) is 0 Å². The predicted molar refractivity (Wildman–Crippen MR) is 91.5 cm³/mol. The second-order valence-electron chi connectivity index (χ2n) is 4.74. The molecule has 1 aromatic rings. The van der Waals surface area contributed by atoms with Gasteiger partial charge in [-0.3, -0.25) is 4.90 Å². The minimum atomic E-state index is 0. The first kappa shape index (κ1) is 20.8. The number of nitrogens with one attached hydrogen (secondary N) is 1. The average molecular weight is 348 g/mol. The van der Waals surface area contributed by atoms with Gasteiger partial charge < -0.3 is 14.8 Å². The summed E-state index contributed by atoms with van der Waals surface area (Å²) < 4.78 is 10.9. The summed E-state index contributed by atoms with van der Waals surface area (Å²) in [5, 5.41) is 12.5. The molecule has 0 unspecified atom stereocenters. The molecule has 2 rings (SSSR count). The van der Waals surface area contributed by atoms with Crippen molar-refractivity contribution in [2.45, 2.75) is 12.5 Å². The van der Waals surface area contributed by atoms with Crippen LogP contribution in [0.2, 0.25) is 0 Å². The van der Waals surface area contributed by atoms with Gasteiger partial charge in [-0.05, 0) is 12.1 Å². The third-order valence-electron chi connectivity index (χ3n) is 3.68. The maximum absolute atomic E-state index is 9.18. The van der Waals surface area contributed by atoms with E-state index in [1.165, 1.54) is 0 Å². The van der Waals surface area contributed by atoms with Crippen molar-refractivity contribution in [3.05, 3.63) is 23.8 Å². The monoisotopic (exact) mass is 347 g/mol. The van der Waals surface area contributed by atoms with Crippen molar-refractivity contribution < 1.29 is 9.47 Å². The van der Waals surface area contributed by atoms with Crippen molar-refractivity contribution in [3.63, 3.8) is 0 Å². The molecule has 1 fully saturated rings. The minimum Gasteiger partial charge on any atom is -0.496 e. The molecule has 0 radical (unpaired) electrons. The smallest absolute Gasteiger partial charge is 0.127 e. The lowest BCUT2D eigenvalue weighted by atomic mass is 9.99. The number of rotatable bonds is 5. The molecule has 1 aliphatic heterocycles. The Morgan fingerprint density at radius 1 is 1.18 bits per heavy atom. The number of ether oxygens (including phenoxy) is 2. The fraction of sp³-hybridized carbons (Fsp3) is 0.533. The van der Waals surface area contributed by atoms with Crippen LogP contribution in [-0.4, -0.2) is 45.3 Å². The van der Waals surface area contributed by atoms with Crippen molar-refractivity contribution in [1.29, 1.82) is 5.26 Å². The first-order valence-corrected chi connectivity index (χ1v) is 6.84. The van der Waals surface area contributed by atoms with Gasteiger partial charge in [-0.15, -0.1) is 24.8 Å². The zero-order chi connectivity index (χ0) is 14.4. The number of methoxy groups -OCH3 is 2.